The third-order valence-electron chi connectivity index (χ3n) is 2.99. The molecule has 0 saturated carbocycles. The van der Waals surface area contributed by atoms with E-state index in [1.807, 2.05) is 25.2 Å². The molecule has 0 unspecified atom stereocenters. The fourth-order valence-corrected chi connectivity index (χ4v) is 2.06. The predicted molar refractivity (Wildman–Crippen MR) is 73.8 cm³/mol. The highest BCUT2D eigenvalue weighted by Gasteiger charge is 2.10. The number of imidazole rings is 1. The van der Waals surface area contributed by atoms with E-state index in [0.717, 1.165) is 22.4 Å². The zero-order valence-electron chi connectivity index (χ0n) is 11.2. The van der Waals surface area contributed by atoms with E-state index >= 15 is 0 Å². The zero-order chi connectivity index (χ0) is 14.0. The average Bonchev–Trinajstić information content (AvgIpc) is 2.73. The van der Waals surface area contributed by atoms with Crippen LogP contribution in [0, 0.1) is 0 Å². The lowest BCUT2D eigenvalue weighted by Gasteiger charge is -2.04. The molecule has 0 aliphatic heterocycles. The van der Waals surface area contributed by atoms with Gasteiger partial charge in [-0.05, 0) is 23.8 Å². The van der Waals surface area contributed by atoms with E-state index in [0.29, 0.717) is 5.92 Å². The second-order valence-electron chi connectivity index (χ2n) is 4.74. The molecule has 2 aromatic rings. The summed E-state index contributed by atoms with van der Waals surface area (Å²) in [5.41, 5.74) is 4.38. The van der Waals surface area contributed by atoms with Gasteiger partial charge in [-0.3, -0.25) is 10.0 Å². The van der Waals surface area contributed by atoms with Crippen LogP contribution in [0.1, 0.15) is 31.2 Å². The molecular formula is C14H17N3O2. The van der Waals surface area contributed by atoms with Crippen LogP contribution in [0.15, 0.2) is 24.3 Å². The smallest absolute Gasteiger partial charge is 0.267 e. The van der Waals surface area contributed by atoms with Gasteiger partial charge >= 0.3 is 0 Å². The first kappa shape index (κ1) is 13.3. The average molecular weight is 259 g/mol. The number of rotatable bonds is 3. The summed E-state index contributed by atoms with van der Waals surface area (Å²) in [6, 6.07) is 5.81. The maximum atomic E-state index is 10.9. The Morgan fingerprint density at radius 3 is 2.84 bits per heavy atom. The van der Waals surface area contributed by atoms with Gasteiger partial charge in [-0.15, -0.1) is 0 Å². The van der Waals surface area contributed by atoms with E-state index in [1.165, 1.54) is 6.08 Å². The Hall–Kier alpha value is -2.14. The van der Waals surface area contributed by atoms with Gasteiger partial charge in [0.05, 0.1) is 11.0 Å². The molecule has 1 aromatic carbocycles. The summed E-state index contributed by atoms with van der Waals surface area (Å²) in [6.45, 7) is 4.21. The summed E-state index contributed by atoms with van der Waals surface area (Å²) in [4.78, 5) is 15.5. The topological polar surface area (TPSA) is 67.2 Å². The minimum atomic E-state index is -0.552. The van der Waals surface area contributed by atoms with Gasteiger partial charge in [0.2, 0.25) is 0 Å². The molecule has 100 valence electrons. The second-order valence-corrected chi connectivity index (χ2v) is 4.74. The maximum Gasteiger partial charge on any atom is 0.267 e. The molecule has 0 radical (unpaired) electrons. The highest BCUT2D eigenvalue weighted by atomic mass is 16.5. The normalized spacial score (nSPS) is 11.6. The largest absolute Gasteiger partial charge is 0.331 e. The third-order valence-corrected chi connectivity index (χ3v) is 2.99. The van der Waals surface area contributed by atoms with Gasteiger partial charge in [-0.1, -0.05) is 19.9 Å². The molecule has 0 atom stereocenters. The van der Waals surface area contributed by atoms with Crippen molar-refractivity contribution >= 4 is 23.0 Å². The molecule has 1 amide bonds. The van der Waals surface area contributed by atoms with E-state index in [9.17, 15) is 4.79 Å². The van der Waals surface area contributed by atoms with Crippen LogP contribution in [0.25, 0.3) is 17.1 Å². The highest BCUT2D eigenvalue weighted by molar-refractivity contribution is 5.91. The number of aromatic nitrogens is 2. The van der Waals surface area contributed by atoms with E-state index < -0.39 is 5.91 Å². The molecular weight excluding hydrogens is 242 g/mol. The summed E-state index contributed by atoms with van der Waals surface area (Å²) in [5, 5.41) is 8.42. The molecule has 19 heavy (non-hydrogen) atoms. The first-order valence-corrected chi connectivity index (χ1v) is 6.11. The van der Waals surface area contributed by atoms with Crippen molar-refractivity contribution in [3.63, 3.8) is 0 Å². The molecule has 0 fully saturated rings. The number of carbonyl (C=O) groups is 1. The van der Waals surface area contributed by atoms with Crippen LogP contribution in [-0.4, -0.2) is 20.7 Å². The highest BCUT2D eigenvalue weighted by Crippen LogP contribution is 2.21. The Bertz CT molecular complexity index is 641. The number of nitrogens with one attached hydrogen (secondary N) is 1. The molecule has 5 heteroatoms. The van der Waals surface area contributed by atoms with Gasteiger partial charge < -0.3 is 4.57 Å². The molecule has 0 saturated heterocycles. The Morgan fingerprint density at radius 2 is 2.21 bits per heavy atom. The lowest BCUT2D eigenvalue weighted by molar-refractivity contribution is -0.124. The standard InChI is InChI=1S/C14H17N3O2/c1-9(2)14-15-11-8-10(5-7-13(18)16-19)4-6-12(11)17(14)3/h4-9,19H,1-3H3,(H,16,18). The molecule has 0 bridgehead atoms. The number of fused-ring (bicyclic) bond motifs is 1. The predicted octanol–water partition coefficient (Wildman–Crippen LogP) is 2.22. The first-order valence-electron chi connectivity index (χ1n) is 6.11. The fraction of sp³-hybridized carbons (Fsp3) is 0.286. The number of hydrogen-bond donors (Lipinski definition) is 2. The van der Waals surface area contributed by atoms with Crippen LogP contribution in [0.2, 0.25) is 0 Å². The number of amides is 1. The third kappa shape index (κ3) is 2.66. The quantitative estimate of drug-likeness (QED) is 0.504. The summed E-state index contributed by atoms with van der Waals surface area (Å²) in [6.07, 6.45) is 2.90. The van der Waals surface area contributed by atoms with Crippen LogP contribution in [0.4, 0.5) is 0 Å². The molecule has 1 heterocycles. The number of carbonyl (C=O) groups excluding carboxylic acids is 1. The summed E-state index contributed by atoms with van der Waals surface area (Å²) in [7, 11) is 2.00. The van der Waals surface area contributed by atoms with Gasteiger partial charge in [0, 0.05) is 19.0 Å². The fourth-order valence-electron chi connectivity index (χ4n) is 2.06. The molecule has 5 nitrogen and oxygen atoms in total. The minimum Gasteiger partial charge on any atom is -0.331 e. The Labute approximate surface area is 111 Å². The lowest BCUT2D eigenvalue weighted by Crippen LogP contribution is -2.14. The van der Waals surface area contributed by atoms with Crippen molar-refractivity contribution in [3.8, 4) is 0 Å². The van der Waals surface area contributed by atoms with E-state index in [4.69, 9.17) is 5.21 Å². The van der Waals surface area contributed by atoms with Crippen molar-refractivity contribution in [2.75, 3.05) is 0 Å². The molecule has 1 aromatic heterocycles. The van der Waals surface area contributed by atoms with Crippen LogP contribution >= 0.6 is 0 Å². The van der Waals surface area contributed by atoms with Crippen molar-refractivity contribution in [2.45, 2.75) is 19.8 Å². The van der Waals surface area contributed by atoms with Crippen LogP contribution in [-0.2, 0) is 11.8 Å². The SMILES string of the molecule is CC(C)c1nc2cc(C=CC(=O)NO)ccc2n1C. The van der Waals surface area contributed by atoms with Gasteiger partial charge in [-0.25, -0.2) is 10.5 Å². The van der Waals surface area contributed by atoms with E-state index in [-0.39, 0.29) is 0 Å². The van der Waals surface area contributed by atoms with Crippen molar-refractivity contribution in [1.29, 1.82) is 0 Å². The number of aryl methyl sites for hydroxylation is 1. The number of nitrogens with zero attached hydrogens (tertiary/aromatic N) is 2. The van der Waals surface area contributed by atoms with Crippen molar-refractivity contribution < 1.29 is 10.0 Å². The van der Waals surface area contributed by atoms with Crippen molar-refractivity contribution in [1.82, 2.24) is 15.0 Å². The number of benzene rings is 1. The molecule has 2 N–H and O–H groups in total. The van der Waals surface area contributed by atoms with Gasteiger partial charge in [-0.2, -0.15) is 0 Å². The van der Waals surface area contributed by atoms with Gasteiger partial charge in [0.1, 0.15) is 5.82 Å². The van der Waals surface area contributed by atoms with Crippen LogP contribution < -0.4 is 5.48 Å². The zero-order valence-corrected chi connectivity index (χ0v) is 11.2. The summed E-state index contributed by atoms with van der Waals surface area (Å²) in [5.74, 6) is 0.838. The summed E-state index contributed by atoms with van der Waals surface area (Å²) < 4.78 is 2.08. The van der Waals surface area contributed by atoms with E-state index in [2.05, 4.69) is 23.4 Å². The van der Waals surface area contributed by atoms with Crippen LogP contribution in [0.3, 0.4) is 0 Å². The maximum absolute atomic E-state index is 10.9. The second kappa shape index (κ2) is 5.24. The monoisotopic (exact) mass is 259 g/mol. The van der Waals surface area contributed by atoms with Crippen LogP contribution in [0.5, 0.6) is 0 Å². The lowest BCUT2D eigenvalue weighted by atomic mass is 10.2. The minimum absolute atomic E-state index is 0.358. The molecule has 0 aliphatic rings. The van der Waals surface area contributed by atoms with Crippen molar-refractivity contribution in [3.05, 3.63) is 35.7 Å². The van der Waals surface area contributed by atoms with Gasteiger partial charge in [0.25, 0.3) is 5.91 Å². The number of hydrogen-bond acceptors (Lipinski definition) is 3. The molecule has 0 aliphatic carbocycles. The van der Waals surface area contributed by atoms with E-state index in [1.54, 1.807) is 11.6 Å². The molecule has 0 spiro atoms. The first-order chi connectivity index (χ1) is 9.02. The Morgan fingerprint density at radius 1 is 1.47 bits per heavy atom. The van der Waals surface area contributed by atoms with Gasteiger partial charge in [0.15, 0.2) is 0 Å². The molecule has 2 rings (SSSR count). The summed E-state index contributed by atoms with van der Waals surface area (Å²) >= 11 is 0. The van der Waals surface area contributed by atoms with Crippen molar-refractivity contribution in [2.24, 2.45) is 7.05 Å². The Kier molecular flexibility index (Phi) is 3.66. The number of hydroxylamine groups is 1. The Balaban J connectivity index is 2.41.